The molecule has 18 heavy (non-hydrogen) atoms. The van der Waals surface area contributed by atoms with Gasteiger partial charge in [0.05, 0.1) is 0 Å². The molecule has 3 rings (SSSR count). The molecule has 1 aromatic carbocycles. The first-order valence-corrected chi connectivity index (χ1v) is 6.23. The maximum atomic E-state index is 13.8. The number of hydrogen-bond acceptors (Lipinski definition) is 2. The molecule has 1 atom stereocenters. The van der Waals surface area contributed by atoms with Gasteiger partial charge in [-0.05, 0) is 48.1 Å². The molecule has 0 saturated carbocycles. The lowest BCUT2D eigenvalue weighted by Gasteiger charge is -2.24. The fourth-order valence-corrected chi connectivity index (χ4v) is 2.65. The minimum atomic E-state index is -0.412. The molecular formula is C15H15FN2. The van der Waals surface area contributed by atoms with Crippen molar-refractivity contribution < 1.29 is 4.39 Å². The van der Waals surface area contributed by atoms with Gasteiger partial charge in [-0.15, -0.1) is 0 Å². The van der Waals surface area contributed by atoms with Crippen LogP contribution in [0.3, 0.4) is 0 Å². The van der Waals surface area contributed by atoms with Gasteiger partial charge in [0, 0.05) is 17.8 Å². The second kappa shape index (κ2) is 4.50. The van der Waals surface area contributed by atoms with Crippen LogP contribution in [0, 0.1) is 5.95 Å². The van der Waals surface area contributed by atoms with Gasteiger partial charge in [0.25, 0.3) is 0 Å². The molecule has 2 aromatic rings. The Bertz CT molecular complexity index is 580. The minimum Gasteiger partial charge on any atom is -0.327 e. The Hall–Kier alpha value is -1.74. The van der Waals surface area contributed by atoms with Gasteiger partial charge < -0.3 is 5.73 Å². The summed E-state index contributed by atoms with van der Waals surface area (Å²) in [6.45, 7) is 0. The molecule has 0 aliphatic heterocycles. The Kier molecular flexibility index (Phi) is 2.84. The molecular weight excluding hydrogens is 227 g/mol. The molecule has 2 nitrogen and oxygen atoms in total. The van der Waals surface area contributed by atoms with Gasteiger partial charge in [-0.25, -0.2) is 4.98 Å². The number of pyridine rings is 1. The summed E-state index contributed by atoms with van der Waals surface area (Å²) in [6.07, 6.45) is 4.28. The van der Waals surface area contributed by atoms with E-state index in [1.54, 1.807) is 12.1 Å². The lowest BCUT2D eigenvalue weighted by molar-refractivity contribution is 0.573. The summed E-state index contributed by atoms with van der Waals surface area (Å²) in [4.78, 5) is 3.73. The van der Waals surface area contributed by atoms with Crippen molar-refractivity contribution in [3.05, 3.63) is 53.6 Å². The zero-order valence-corrected chi connectivity index (χ0v) is 10.1. The van der Waals surface area contributed by atoms with Gasteiger partial charge in [0.2, 0.25) is 5.95 Å². The lowest BCUT2D eigenvalue weighted by atomic mass is 9.84. The Labute approximate surface area is 106 Å². The van der Waals surface area contributed by atoms with Crippen molar-refractivity contribution in [3.63, 3.8) is 0 Å². The molecule has 1 aliphatic rings. The quantitative estimate of drug-likeness (QED) is 0.781. The van der Waals surface area contributed by atoms with Crippen LogP contribution in [0.4, 0.5) is 4.39 Å². The van der Waals surface area contributed by atoms with Gasteiger partial charge in [-0.1, -0.05) is 18.2 Å². The third-order valence-corrected chi connectivity index (χ3v) is 3.57. The predicted octanol–water partition coefficient (Wildman–Crippen LogP) is 2.70. The highest BCUT2D eigenvalue weighted by molar-refractivity contribution is 5.69. The Morgan fingerprint density at radius 2 is 2.00 bits per heavy atom. The van der Waals surface area contributed by atoms with Crippen LogP contribution < -0.4 is 5.73 Å². The van der Waals surface area contributed by atoms with E-state index in [1.165, 1.54) is 17.3 Å². The topological polar surface area (TPSA) is 38.9 Å². The number of benzene rings is 1. The van der Waals surface area contributed by atoms with E-state index in [0.29, 0.717) is 5.56 Å². The number of rotatable bonds is 1. The molecule has 0 amide bonds. The third-order valence-electron chi connectivity index (χ3n) is 3.57. The number of hydrogen-bond donors (Lipinski definition) is 1. The second-order valence-corrected chi connectivity index (χ2v) is 4.79. The van der Waals surface area contributed by atoms with Crippen LogP contribution in [0.25, 0.3) is 11.1 Å². The zero-order valence-electron chi connectivity index (χ0n) is 10.1. The number of fused-ring (bicyclic) bond motifs is 1. The molecule has 0 spiro atoms. The number of aromatic nitrogens is 1. The van der Waals surface area contributed by atoms with Crippen LogP contribution in [0.15, 0.2) is 36.5 Å². The van der Waals surface area contributed by atoms with E-state index in [9.17, 15) is 4.39 Å². The summed E-state index contributed by atoms with van der Waals surface area (Å²) in [5.74, 6) is -0.412. The summed E-state index contributed by atoms with van der Waals surface area (Å²) >= 11 is 0. The van der Waals surface area contributed by atoms with E-state index in [0.717, 1.165) is 24.8 Å². The number of nitrogens with two attached hydrogens (primary N) is 1. The van der Waals surface area contributed by atoms with Gasteiger partial charge in [0.1, 0.15) is 0 Å². The minimum absolute atomic E-state index is 0.179. The molecule has 3 heteroatoms. The maximum Gasteiger partial charge on any atom is 0.220 e. The molecule has 0 saturated heterocycles. The number of halogens is 1. The third kappa shape index (κ3) is 1.91. The average Bonchev–Trinajstić information content (AvgIpc) is 2.39. The van der Waals surface area contributed by atoms with Crippen molar-refractivity contribution in [2.24, 2.45) is 5.73 Å². The fraction of sp³-hybridized carbons (Fsp3) is 0.267. The van der Waals surface area contributed by atoms with Gasteiger partial charge in [-0.2, -0.15) is 4.39 Å². The fourth-order valence-electron chi connectivity index (χ4n) is 2.65. The van der Waals surface area contributed by atoms with Gasteiger partial charge >= 0.3 is 0 Å². The van der Waals surface area contributed by atoms with E-state index < -0.39 is 5.95 Å². The van der Waals surface area contributed by atoms with Crippen molar-refractivity contribution in [2.45, 2.75) is 25.3 Å². The summed E-state index contributed by atoms with van der Waals surface area (Å²) < 4.78 is 13.8. The molecule has 1 heterocycles. The van der Waals surface area contributed by atoms with E-state index >= 15 is 0 Å². The van der Waals surface area contributed by atoms with Crippen LogP contribution in [-0.4, -0.2) is 11.0 Å². The summed E-state index contributed by atoms with van der Waals surface area (Å²) in [5.41, 5.74) is 10.0. The van der Waals surface area contributed by atoms with Crippen LogP contribution in [0.1, 0.15) is 17.5 Å². The van der Waals surface area contributed by atoms with Crippen molar-refractivity contribution in [1.29, 1.82) is 0 Å². The highest BCUT2D eigenvalue weighted by Crippen LogP contribution is 2.31. The van der Waals surface area contributed by atoms with Crippen molar-refractivity contribution in [3.8, 4) is 11.1 Å². The Morgan fingerprint density at radius 1 is 1.17 bits per heavy atom. The normalized spacial score (nSPS) is 18.4. The predicted molar refractivity (Wildman–Crippen MR) is 69.6 cm³/mol. The SMILES string of the molecule is NC1CCc2cccc(-c3cccnc3F)c2C1. The largest absolute Gasteiger partial charge is 0.327 e. The standard InChI is InChI=1S/C15H15FN2/c16-15-13(5-2-8-18-15)12-4-1-3-10-6-7-11(17)9-14(10)12/h1-5,8,11H,6-7,9,17H2. The first kappa shape index (κ1) is 11.4. The van der Waals surface area contributed by atoms with Gasteiger partial charge in [0.15, 0.2) is 0 Å². The number of nitrogens with zero attached hydrogens (tertiary/aromatic N) is 1. The molecule has 1 unspecified atom stereocenters. The van der Waals surface area contributed by atoms with Crippen molar-refractivity contribution in [1.82, 2.24) is 4.98 Å². The molecule has 0 radical (unpaired) electrons. The monoisotopic (exact) mass is 242 g/mol. The van der Waals surface area contributed by atoms with Crippen LogP contribution in [0.2, 0.25) is 0 Å². The zero-order chi connectivity index (χ0) is 12.5. The Morgan fingerprint density at radius 3 is 2.83 bits per heavy atom. The number of aryl methyl sites for hydroxylation is 1. The van der Waals surface area contributed by atoms with Crippen molar-refractivity contribution >= 4 is 0 Å². The molecule has 2 N–H and O–H groups in total. The smallest absolute Gasteiger partial charge is 0.220 e. The molecule has 0 fully saturated rings. The lowest BCUT2D eigenvalue weighted by Crippen LogP contribution is -2.28. The summed E-state index contributed by atoms with van der Waals surface area (Å²) in [5, 5.41) is 0. The summed E-state index contributed by atoms with van der Waals surface area (Å²) in [7, 11) is 0. The average molecular weight is 242 g/mol. The van der Waals surface area contributed by atoms with E-state index in [1.807, 2.05) is 12.1 Å². The summed E-state index contributed by atoms with van der Waals surface area (Å²) in [6, 6.07) is 9.77. The molecule has 92 valence electrons. The highest BCUT2D eigenvalue weighted by Gasteiger charge is 2.20. The first-order chi connectivity index (χ1) is 8.75. The highest BCUT2D eigenvalue weighted by atomic mass is 19.1. The molecule has 1 aromatic heterocycles. The van der Waals surface area contributed by atoms with Crippen LogP contribution >= 0.6 is 0 Å². The first-order valence-electron chi connectivity index (χ1n) is 6.23. The second-order valence-electron chi connectivity index (χ2n) is 4.79. The van der Waals surface area contributed by atoms with E-state index in [4.69, 9.17) is 5.73 Å². The van der Waals surface area contributed by atoms with E-state index in [-0.39, 0.29) is 6.04 Å². The van der Waals surface area contributed by atoms with Crippen LogP contribution in [0.5, 0.6) is 0 Å². The van der Waals surface area contributed by atoms with Gasteiger partial charge in [-0.3, -0.25) is 0 Å². The van der Waals surface area contributed by atoms with Crippen LogP contribution in [-0.2, 0) is 12.8 Å². The Balaban J connectivity index is 2.16. The maximum absolute atomic E-state index is 13.8. The molecule has 0 bridgehead atoms. The van der Waals surface area contributed by atoms with E-state index in [2.05, 4.69) is 11.1 Å². The van der Waals surface area contributed by atoms with Crippen molar-refractivity contribution in [2.75, 3.05) is 0 Å². The molecule has 1 aliphatic carbocycles.